The van der Waals surface area contributed by atoms with Gasteiger partial charge in [0.1, 0.15) is 29.7 Å². The van der Waals surface area contributed by atoms with Crippen molar-refractivity contribution in [2.75, 3.05) is 32.1 Å². The maximum absolute atomic E-state index is 14.1. The van der Waals surface area contributed by atoms with Crippen LogP contribution in [0, 0.1) is 5.82 Å². The Hall–Kier alpha value is -3.44. The third kappa shape index (κ3) is 7.56. The van der Waals surface area contributed by atoms with E-state index in [0.717, 1.165) is 36.0 Å². The van der Waals surface area contributed by atoms with Crippen LogP contribution in [0.3, 0.4) is 0 Å². The summed E-state index contributed by atoms with van der Waals surface area (Å²) in [6, 6.07) is 19.3. The van der Waals surface area contributed by atoms with E-state index < -0.39 is 13.7 Å². The van der Waals surface area contributed by atoms with Gasteiger partial charge in [-0.25, -0.2) is 19.3 Å². The first-order valence-corrected chi connectivity index (χ1v) is 18.7. The number of piperidine rings is 1. The number of imidazole rings is 1. The molecule has 0 aliphatic carbocycles. The lowest BCUT2D eigenvalue weighted by Gasteiger charge is -2.36. The van der Waals surface area contributed by atoms with Gasteiger partial charge >= 0.3 is 0 Å². The lowest BCUT2D eigenvalue weighted by Crippen LogP contribution is -2.42. The molecule has 0 radical (unpaired) electrons. The molecule has 0 bridgehead atoms. The van der Waals surface area contributed by atoms with Crippen LogP contribution in [0.2, 0.25) is 25.7 Å². The Balaban J connectivity index is 1.59. The minimum atomic E-state index is -1.31. The number of hydrogen-bond donors (Lipinski definition) is 2. The van der Waals surface area contributed by atoms with Gasteiger partial charge in [-0.05, 0) is 68.8 Å². The van der Waals surface area contributed by atoms with Crippen molar-refractivity contribution in [2.24, 2.45) is 0 Å². The Bertz CT molecular complexity index is 1500. The number of likely N-dealkylation sites (tertiary alicyclic amines) is 1. The molecule has 0 saturated carbocycles. The number of benzene rings is 2. The molecular formula is C33H43FN6O2Si. The molecule has 8 nitrogen and oxygen atoms in total. The number of anilines is 1. The van der Waals surface area contributed by atoms with Crippen molar-refractivity contribution in [1.29, 1.82) is 0 Å². The van der Waals surface area contributed by atoms with Gasteiger partial charge in [0.05, 0.1) is 17.4 Å². The van der Waals surface area contributed by atoms with E-state index in [4.69, 9.17) is 14.7 Å². The highest BCUT2D eigenvalue weighted by atomic mass is 28.3. The fourth-order valence-electron chi connectivity index (χ4n) is 5.34. The second-order valence-electron chi connectivity index (χ2n) is 12.8. The molecule has 2 N–H and O–H groups in total. The van der Waals surface area contributed by atoms with Crippen molar-refractivity contribution < 1.29 is 14.2 Å². The lowest BCUT2D eigenvalue weighted by atomic mass is 9.90. The predicted molar refractivity (Wildman–Crippen MR) is 172 cm³/mol. The van der Waals surface area contributed by atoms with Gasteiger partial charge in [-0.1, -0.05) is 50.0 Å². The molecule has 3 heterocycles. The molecule has 1 atom stereocenters. The Morgan fingerprint density at radius 2 is 1.72 bits per heavy atom. The van der Waals surface area contributed by atoms with Gasteiger partial charge in [-0.15, -0.1) is 0 Å². The molecule has 1 aliphatic rings. The van der Waals surface area contributed by atoms with Crippen molar-refractivity contribution in [1.82, 2.24) is 24.4 Å². The topological polar surface area (TPSA) is 88.3 Å². The standard InChI is InChI=1S/C33H43FN6O2Si/c1-24(25-9-7-6-8-10-25)36-32-35-18-15-28(37-32)29-30(26-11-13-27(34)14-12-26)40(23-42-21-22-43(3,4)5)31(38-29)33(41)16-19-39(2)20-17-33/h6-15,18,24,41H,16-17,19-23H2,1-5H3,(H,35,36,37)/t24-/m1/s1. The number of halogens is 1. The average Bonchev–Trinajstić information content (AvgIpc) is 3.38. The second-order valence-corrected chi connectivity index (χ2v) is 18.4. The molecule has 1 fully saturated rings. The number of hydrogen-bond acceptors (Lipinski definition) is 7. The van der Waals surface area contributed by atoms with Gasteiger partial charge in [0, 0.05) is 39.5 Å². The van der Waals surface area contributed by atoms with Gasteiger partial charge < -0.3 is 24.6 Å². The largest absolute Gasteiger partial charge is 0.382 e. The van der Waals surface area contributed by atoms with Crippen molar-refractivity contribution in [3.63, 3.8) is 0 Å². The first-order chi connectivity index (χ1) is 20.5. The molecule has 1 aliphatic heterocycles. The van der Waals surface area contributed by atoms with Crippen LogP contribution in [0.5, 0.6) is 0 Å². The monoisotopic (exact) mass is 602 g/mol. The molecule has 10 heteroatoms. The van der Waals surface area contributed by atoms with Gasteiger partial charge in [-0.2, -0.15) is 0 Å². The highest BCUT2D eigenvalue weighted by molar-refractivity contribution is 6.76. The van der Waals surface area contributed by atoms with Crippen LogP contribution in [-0.2, 0) is 17.1 Å². The summed E-state index contributed by atoms with van der Waals surface area (Å²) in [6.45, 7) is 11.4. The van der Waals surface area contributed by atoms with E-state index in [0.29, 0.717) is 42.6 Å². The zero-order valence-corrected chi connectivity index (χ0v) is 26.8. The first-order valence-electron chi connectivity index (χ1n) is 15.0. The summed E-state index contributed by atoms with van der Waals surface area (Å²) in [5.41, 5.74) is 2.69. The van der Waals surface area contributed by atoms with Gasteiger partial charge in [-0.3, -0.25) is 0 Å². The fraction of sp³-hybridized carbons (Fsp3) is 0.424. The molecule has 0 spiro atoms. The van der Waals surface area contributed by atoms with Crippen LogP contribution in [0.15, 0.2) is 66.9 Å². The third-order valence-electron chi connectivity index (χ3n) is 8.08. The van der Waals surface area contributed by atoms with Crippen LogP contribution in [0.25, 0.3) is 22.6 Å². The third-order valence-corrected chi connectivity index (χ3v) is 9.78. The average molecular weight is 603 g/mol. The van der Waals surface area contributed by atoms with E-state index in [9.17, 15) is 9.50 Å². The molecule has 2 aromatic heterocycles. The highest BCUT2D eigenvalue weighted by Crippen LogP contribution is 2.39. The van der Waals surface area contributed by atoms with E-state index in [-0.39, 0.29) is 18.6 Å². The zero-order chi connectivity index (χ0) is 30.6. The summed E-state index contributed by atoms with van der Waals surface area (Å²) in [5.74, 6) is 0.702. The van der Waals surface area contributed by atoms with Crippen LogP contribution >= 0.6 is 0 Å². The first kappa shape index (κ1) is 31.0. The number of nitrogens with zero attached hydrogens (tertiary/aromatic N) is 5. The molecule has 1 saturated heterocycles. The summed E-state index contributed by atoms with van der Waals surface area (Å²) in [4.78, 5) is 16.7. The molecule has 228 valence electrons. The number of nitrogens with one attached hydrogen (secondary N) is 1. The smallest absolute Gasteiger partial charge is 0.223 e. The van der Waals surface area contributed by atoms with Crippen LogP contribution in [0.4, 0.5) is 10.3 Å². The Kier molecular flexibility index (Phi) is 9.41. The molecule has 0 unspecified atom stereocenters. The van der Waals surface area contributed by atoms with Crippen molar-refractivity contribution in [3.05, 3.63) is 84.1 Å². The maximum Gasteiger partial charge on any atom is 0.223 e. The molecular weight excluding hydrogens is 559 g/mol. The van der Waals surface area contributed by atoms with Gasteiger partial charge in [0.25, 0.3) is 0 Å². The Labute approximate surface area is 255 Å². The Morgan fingerprint density at radius 3 is 2.40 bits per heavy atom. The maximum atomic E-state index is 14.1. The quantitative estimate of drug-likeness (QED) is 0.149. The van der Waals surface area contributed by atoms with Crippen molar-refractivity contribution >= 4 is 14.0 Å². The van der Waals surface area contributed by atoms with Gasteiger partial charge in [0.2, 0.25) is 5.95 Å². The van der Waals surface area contributed by atoms with E-state index >= 15 is 0 Å². The summed E-state index contributed by atoms with van der Waals surface area (Å²) < 4.78 is 22.3. The SMILES string of the molecule is C[C@@H](Nc1nccc(-c2nc(C3(O)CCN(C)CC3)n(COCC[Si](C)(C)C)c2-c2ccc(F)cc2)n1)c1ccccc1. The van der Waals surface area contributed by atoms with E-state index in [1.807, 2.05) is 28.8 Å². The number of ether oxygens (including phenoxy) is 1. The van der Waals surface area contributed by atoms with Crippen molar-refractivity contribution in [3.8, 4) is 22.6 Å². The normalized spacial score (nSPS) is 16.3. The minimum absolute atomic E-state index is 0.0131. The molecule has 0 amide bonds. The molecule has 2 aromatic carbocycles. The highest BCUT2D eigenvalue weighted by Gasteiger charge is 2.39. The lowest BCUT2D eigenvalue weighted by molar-refractivity contribution is -0.0357. The number of rotatable bonds is 11. The minimum Gasteiger partial charge on any atom is -0.382 e. The summed E-state index contributed by atoms with van der Waals surface area (Å²) in [5, 5.41) is 15.4. The second kappa shape index (κ2) is 13.0. The zero-order valence-electron chi connectivity index (χ0n) is 25.8. The number of aliphatic hydroxyl groups is 1. The van der Waals surface area contributed by atoms with Crippen LogP contribution < -0.4 is 5.32 Å². The fourth-order valence-corrected chi connectivity index (χ4v) is 6.09. The van der Waals surface area contributed by atoms with E-state index in [2.05, 4.69) is 60.9 Å². The van der Waals surface area contributed by atoms with E-state index in [1.165, 1.54) is 12.1 Å². The van der Waals surface area contributed by atoms with E-state index in [1.54, 1.807) is 18.3 Å². The summed E-state index contributed by atoms with van der Waals surface area (Å²) in [7, 11) is 0.752. The summed E-state index contributed by atoms with van der Waals surface area (Å²) in [6.07, 6.45) is 2.80. The van der Waals surface area contributed by atoms with Crippen LogP contribution in [-0.4, -0.2) is 64.3 Å². The Morgan fingerprint density at radius 1 is 1.02 bits per heavy atom. The van der Waals surface area contributed by atoms with Crippen LogP contribution in [0.1, 0.15) is 37.2 Å². The molecule has 4 aromatic rings. The molecule has 5 rings (SSSR count). The van der Waals surface area contributed by atoms with Gasteiger partial charge in [0.15, 0.2) is 0 Å². The number of aromatic nitrogens is 4. The summed E-state index contributed by atoms with van der Waals surface area (Å²) >= 11 is 0. The van der Waals surface area contributed by atoms with Crippen molar-refractivity contribution in [2.45, 2.75) is 63.8 Å². The predicted octanol–water partition coefficient (Wildman–Crippen LogP) is 6.54. The molecule has 43 heavy (non-hydrogen) atoms.